The van der Waals surface area contributed by atoms with Crippen molar-refractivity contribution in [2.75, 3.05) is 5.32 Å². The number of carbonyl (C=O) groups excluding carboxylic acids is 1. The second-order valence-electron chi connectivity index (χ2n) is 5.28. The minimum atomic E-state index is -0.286. The highest BCUT2D eigenvalue weighted by Gasteiger charge is 2.02. The van der Waals surface area contributed by atoms with Crippen LogP contribution in [0.2, 0.25) is 0 Å². The SMILES string of the molecule is CCCCCCCCCCC(=O)Nc1ccc(F)cc1. The summed E-state index contributed by atoms with van der Waals surface area (Å²) >= 11 is 0. The van der Waals surface area contributed by atoms with Gasteiger partial charge in [-0.05, 0) is 30.7 Å². The summed E-state index contributed by atoms with van der Waals surface area (Å²) in [7, 11) is 0. The van der Waals surface area contributed by atoms with Crippen molar-refractivity contribution in [3.05, 3.63) is 30.1 Å². The highest BCUT2D eigenvalue weighted by Crippen LogP contribution is 2.11. The molecule has 0 unspecified atom stereocenters. The van der Waals surface area contributed by atoms with E-state index in [4.69, 9.17) is 0 Å². The summed E-state index contributed by atoms with van der Waals surface area (Å²) in [5.74, 6) is -0.270. The Labute approximate surface area is 121 Å². The van der Waals surface area contributed by atoms with Gasteiger partial charge in [-0.1, -0.05) is 51.9 Å². The first-order valence-corrected chi connectivity index (χ1v) is 7.78. The highest BCUT2D eigenvalue weighted by molar-refractivity contribution is 5.90. The number of hydrogen-bond acceptors (Lipinski definition) is 1. The number of hydrogen-bond donors (Lipinski definition) is 1. The van der Waals surface area contributed by atoms with Gasteiger partial charge in [0.15, 0.2) is 0 Å². The van der Waals surface area contributed by atoms with E-state index in [-0.39, 0.29) is 11.7 Å². The van der Waals surface area contributed by atoms with Gasteiger partial charge in [-0.3, -0.25) is 4.79 Å². The van der Waals surface area contributed by atoms with Crippen molar-refractivity contribution < 1.29 is 9.18 Å². The van der Waals surface area contributed by atoms with Crippen molar-refractivity contribution >= 4 is 11.6 Å². The van der Waals surface area contributed by atoms with Gasteiger partial charge in [-0.25, -0.2) is 4.39 Å². The van der Waals surface area contributed by atoms with Crippen molar-refractivity contribution in [1.82, 2.24) is 0 Å². The van der Waals surface area contributed by atoms with Crippen LogP contribution in [0.1, 0.15) is 64.7 Å². The zero-order valence-corrected chi connectivity index (χ0v) is 12.5. The van der Waals surface area contributed by atoms with Gasteiger partial charge < -0.3 is 5.32 Å². The second kappa shape index (κ2) is 10.4. The van der Waals surface area contributed by atoms with Crippen LogP contribution in [-0.4, -0.2) is 5.91 Å². The van der Waals surface area contributed by atoms with E-state index in [0.29, 0.717) is 12.1 Å². The fraction of sp³-hybridized carbons (Fsp3) is 0.588. The van der Waals surface area contributed by atoms with Gasteiger partial charge in [0.2, 0.25) is 5.91 Å². The molecule has 3 heteroatoms. The summed E-state index contributed by atoms with van der Waals surface area (Å²) in [6.07, 6.45) is 10.4. The number of benzene rings is 1. The van der Waals surface area contributed by atoms with E-state index in [0.717, 1.165) is 12.8 Å². The molecule has 112 valence electrons. The summed E-state index contributed by atoms with van der Waals surface area (Å²) in [4.78, 5) is 11.7. The molecular weight excluding hydrogens is 253 g/mol. The summed E-state index contributed by atoms with van der Waals surface area (Å²) < 4.78 is 12.7. The van der Waals surface area contributed by atoms with Crippen LogP contribution in [0.25, 0.3) is 0 Å². The number of amides is 1. The fourth-order valence-corrected chi connectivity index (χ4v) is 2.18. The average Bonchev–Trinajstić information content (AvgIpc) is 2.44. The lowest BCUT2D eigenvalue weighted by molar-refractivity contribution is -0.116. The molecule has 1 N–H and O–H groups in total. The maximum absolute atomic E-state index is 12.7. The molecule has 0 aliphatic heterocycles. The molecule has 0 atom stereocenters. The summed E-state index contributed by atoms with van der Waals surface area (Å²) in [6, 6.07) is 5.87. The monoisotopic (exact) mass is 279 g/mol. The smallest absolute Gasteiger partial charge is 0.224 e. The Morgan fingerprint density at radius 1 is 0.950 bits per heavy atom. The molecule has 1 rings (SSSR count). The molecular formula is C17H26FNO. The minimum absolute atomic E-state index is 0.0163. The topological polar surface area (TPSA) is 29.1 Å². The van der Waals surface area contributed by atoms with Gasteiger partial charge in [0, 0.05) is 12.1 Å². The molecule has 0 bridgehead atoms. The Morgan fingerprint density at radius 2 is 1.50 bits per heavy atom. The van der Waals surface area contributed by atoms with Gasteiger partial charge in [0.05, 0.1) is 0 Å². The standard InChI is InChI=1S/C17H26FNO/c1-2-3-4-5-6-7-8-9-10-17(20)19-16-13-11-15(18)12-14-16/h11-14H,2-10H2,1H3,(H,19,20). The minimum Gasteiger partial charge on any atom is -0.326 e. The zero-order valence-electron chi connectivity index (χ0n) is 12.5. The van der Waals surface area contributed by atoms with E-state index in [9.17, 15) is 9.18 Å². The van der Waals surface area contributed by atoms with Gasteiger partial charge >= 0.3 is 0 Å². The van der Waals surface area contributed by atoms with Crippen molar-refractivity contribution in [2.24, 2.45) is 0 Å². The normalized spacial score (nSPS) is 10.5. The van der Waals surface area contributed by atoms with E-state index < -0.39 is 0 Å². The van der Waals surface area contributed by atoms with Gasteiger partial charge in [0.1, 0.15) is 5.82 Å². The molecule has 2 nitrogen and oxygen atoms in total. The first-order valence-electron chi connectivity index (χ1n) is 7.78. The Kier molecular flexibility index (Phi) is 8.68. The molecule has 1 aromatic carbocycles. The number of nitrogens with one attached hydrogen (secondary N) is 1. The molecule has 0 radical (unpaired) electrons. The molecule has 1 amide bonds. The molecule has 0 fully saturated rings. The van der Waals surface area contributed by atoms with Crippen LogP contribution in [0.4, 0.5) is 10.1 Å². The molecule has 0 saturated carbocycles. The molecule has 1 aromatic rings. The number of carbonyl (C=O) groups is 1. The fourth-order valence-electron chi connectivity index (χ4n) is 2.18. The quantitative estimate of drug-likeness (QED) is 0.579. The van der Waals surface area contributed by atoms with E-state index in [1.54, 1.807) is 12.1 Å². The van der Waals surface area contributed by atoms with Crippen LogP contribution in [0.15, 0.2) is 24.3 Å². The number of halogens is 1. The number of anilines is 1. The van der Waals surface area contributed by atoms with Gasteiger partial charge in [0.25, 0.3) is 0 Å². The van der Waals surface area contributed by atoms with Crippen LogP contribution in [-0.2, 0) is 4.79 Å². The van der Waals surface area contributed by atoms with Crippen LogP contribution in [0.5, 0.6) is 0 Å². The first kappa shape index (κ1) is 16.7. The molecule has 20 heavy (non-hydrogen) atoms. The van der Waals surface area contributed by atoms with Gasteiger partial charge in [-0.15, -0.1) is 0 Å². The van der Waals surface area contributed by atoms with Crippen LogP contribution >= 0.6 is 0 Å². The van der Waals surface area contributed by atoms with Crippen molar-refractivity contribution in [3.8, 4) is 0 Å². The summed E-state index contributed by atoms with van der Waals surface area (Å²) in [5.41, 5.74) is 0.663. The van der Waals surface area contributed by atoms with Gasteiger partial charge in [-0.2, -0.15) is 0 Å². The Bertz CT molecular complexity index is 375. The largest absolute Gasteiger partial charge is 0.326 e. The third kappa shape index (κ3) is 7.93. The molecule has 0 aromatic heterocycles. The number of rotatable bonds is 10. The lowest BCUT2D eigenvalue weighted by Gasteiger charge is -2.05. The Balaban J connectivity index is 2.01. The molecule has 0 saturated heterocycles. The third-order valence-corrected chi connectivity index (χ3v) is 3.39. The number of unbranched alkanes of at least 4 members (excludes halogenated alkanes) is 7. The maximum Gasteiger partial charge on any atom is 0.224 e. The third-order valence-electron chi connectivity index (χ3n) is 3.39. The predicted octanol–water partition coefficient (Wildman–Crippen LogP) is 5.30. The predicted molar refractivity (Wildman–Crippen MR) is 82.3 cm³/mol. The average molecular weight is 279 g/mol. The maximum atomic E-state index is 12.7. The lowest BCUT2D eigenvalue weighted by Crippen LogP contribution is -2.10. The molecule has 0 spiro atoms. The summed E-state index contributed by atoms with van der Waals surface area (Å²) in [6.45, 7) is 2.22. The van der Waals surface area contributed by atoms with E-state index in [1.165, 1.54) is 50.7 Å². The lowest BCUT2D eigenvalue weighted by atomic mass is 10.1. The van der Waals surface area contributed by atoms with Crippen molar-refractivity contribution in [1.29, 1.82) is 0 Å². The van der Waals surface area contributed by atoms with Crippen LogP contribution in [0.3, 0.4) is 0 Å². The van der Waals surface area contributed by atoms with Crippen LogP contribution in [0, 0.1) is 5.82 Å². The second-order valence-corrected chi connectivity index (χ2v) is 5.28. The summed E-state index contributed by atoms with van der Waals surface area (Å²) in [5, 5.41) is 2.78. The van der Waals surface area contributed by atoms with Crippen molar-refractivity contribution in [2.45, 2.75) is 64.7 Å². The van der Waals surface area contributed by atoms with E-state index in [2.05, 4.69) is 12.2 Å². The highest BCUT2D eigenvalue weighted by atomic mass is 19.1. The molecule has 0 aliphatic rings. The van der Waals surface area contributed by atoms with Crippen molar-refractivity contribution in [3.63, 3.8) is 0 Å². The van der Waals surface area contributed by atoms with E-state index in [1.807, 2.05) is 0 Å². The molecule has 0 heterocycles. The molecule has 0 aliphatic carbocycles. The zero-order chi connectivity index (χ0) is 14.6. The first-order chi connectivity index (χ1) is 9.72. The Morgan fingerprint density at radius 3 is 2.10 bits per heavy atom. The van der Waals surface area contributed by atoms with E-state index >= 15 is 0 Å². The Hall–Kier alpha value is -1.38. The van der Waals surface area contributed by atoms with Crippen LogP contribution < -0.4 is 5.32 Å².